The van der Waals surface area contributed by atoms with Crippen LogP contribution in [0.25, 0.3) is 11.1 Å². The van der Waals surface area contributed by atoms with E-state index in [9.17, 15) is 9.90 Å². The quantitative estimate of drug-likeness (QED) is 0.666. The summed E-state index contributed by atoms with van der Waals surface area (Å²) in [7, 11) is 1.32. The van der Waals surface area contributed by atoms with Gasteiger partial charge < -0.3 is 19.6 Å². The first-order valence-electron chi connectivity index (χ1n) is 7.54. The molecule has 8 heteroatoms. The Labute approximate surface area is 138 Å². The van der Waals surface area contributed by atoms with Gasteiger partial charge >= 0.3 is 5.97 Å². The van der Waals surface area contributed by atoms with E-state index in [-0.39, 0.29) is 12.6 Å². The van der Waals surface area contributed by atoms with Crippen molar-refractivity contribution in [1.29, 1.82) is 0 Å². The van der Waals surface area contributed by atoms with E-state index in [1.807, 2.05) is 6.92 Å². The van der Waals surface area contributed by atoms with Gasteiger partial charge in [-0.05, 0) is 25.1 Å². The average Bonchev–Trinajstić information content (AvgIpc) is 3.24. The number of hydrogen-bond donors (Lipinski definition) is 2. The van der Waals surface area contributed by atoms with Gasteiger partial charge in [-0.25, -0.2) is 4.79 Å². The Balaban J connectivity index is 1.69. The van der Waals surface area contributed by atoms with Crippen LogP contribution in [0.3, 0.4) is 0 Å². The van der Waals surface area contributed by atoms with Crippen molar-refractivity contribution < 1.29 is 19.1 Å². The number of fused-ring (bicyclic) bond motifs is 1. The first kappa shape index (κ1) is 16.0. The molecule has 2 N–H and O–H groups in total. The fraction of sp³-hybridized carbons (Fsp3) is 0.312. The van der Waals surface area contributed by atoms with Crippen LogP contribution in [0.5, 0.6) is 0 Å². The number of rotatable bonds is 6. The van der Waals surface area contributed by atoms with E-state index in [1.54, 1.807) is 35.3 Å². The molecule has 0 bridgehead atoms. The van der Waals surface area contributed by atoms with Crippen LogP contribution in [0.4, 0.5) is 6.01 Å². The number of nitrogens with one attached hydrogen (secondary N) is 1. The lowest BCUT2D eigenvalue weighted by Crippen LogP contribution is -2.11. The summed E-state index contributed by atoms with van der Waals surface area (Å²) in [6, 6.07) is 5.14. The Kier molecular flexibility index (Phi) is 4.48. The van der Waals surface area contributed by atoms with Crippen LogP contribution in [0.2, 0.25) is 0 Å². The van der Waals surface area contributed by atoms with E-state index in [0.717, 1.165) is 6.54 Å². The number of carbonyl (C=O) groups excluding carboxylic acids is 1. The fourth-order valence-electron chi connectivity index (χ4n) is 2.27. The molecule has 0 saturated heterocycles. The summed E-state index contributed by atoms with van der Waals surface area (Å²) in [4.78, 5) is 15.8. The molecule has 3 aromatic rings. The van der Waals surface area contributed by atoms with Crippen LogP contribution in [0.15, 0.2) is 35.0 Å². The number of ether oxygens (including phenoxy) is 1. The normalized spacial score (nSPS) is 12.3. The molecule has 8 nitrogen and oxygen atoms in total. The molecule has 2 aromatic heterocycles. The van der Waals surface area contributed by atoms with Gasteiger partial charge in [-0.15, -0.1) is 0 Å². The standard InChI is InChI=1S/C16H18N4O4/c1-3-20-9-11(7-18-20)13(21)8-17-16-19-12-5-4-10(15(22)23-2)6-14(12)24-16/h4-7,9,13,21H,3,8H2,1-2H3,(H,17,19). The second-order valence-corrected chi connectivity index (χ2v) is 5.22. The highest BCUT2D eigenvalue weighted by atomic mass is 16.5. The van der Waals surface area contributed by atoms with Gasteiger partial charge in [0.25, 0.3) is 6.01 Å². The van der Waals surface area contributed by atoms with E-state index in [4.69, 9.17) is 4.42 Å². The number of benzene rings is 1. The van der Waals surface area contributed by atoms with E-state index in [0.29, 0.717) is 22.2 Å². The zero-order chi connectivity index (χ0) is 17.1. The molecule has 3 rings (SSSR count). The maximum Gasteiger partial charge on any atom is 0.337 e. The van der Waals surface area contributed by atoms with Crippen LogP contribution in [0, 0.1) is 0 Å². The second-order valence-electron chi connectivity index (χ2n) is 5.22. The number of anilines is 1. The van der Waals surface area contributed by atoms with Gasteiger partial charge in [0.2, 0.25) is 0 Å². The number of aryl methyl sites for hydroxylation is 1. The smallest absolute Gasteiger partial charge is 0.337 e. The largest absolute Gasteiger partial charge is 0.465 e. The molecular weight excluding hydrogens is 312 g/mol. The number of aromatic nitrogens is 3. The van der Waals surface area contributed by atoms with Crippen molar-refractivity contribution in [3.8, 4) is 0 Å². The molecular formula is C16H18N4O4. The first-order chi connectivity index (χ1) is 11.6. The van der Waals surface area contributed by atoms with Crippen molar-refractivity contribution in [2.24, 2.45) is 0 Å². The molecule has 1 unspecified atom stereocenters. The van der Waals surface area contributed by atoms with Gasteiger partial charge in [0.1, 0.15) is 5.52 Å². The third-order valence-corrected chi connectivity index (χ3v) is 3.62. The number of methoxy groups -OCH3 is 1. The Morgan fingerprint density at radius 2 is 2.33 bits per heavy atom. The van der Waals surface area contributed by atoms with Gasteiger partial charge in [-0.2, -0.15) is 10.1 Å². The molecule has 1 aromatic carbocycles. The highest BCUT2D eigenvalue weighted by Crippen LogP contribution is 2.21. The van der Waals surface area contributed by atoms with Crippen molar-refractivity contribution in [1.82, 2.24) is 14.8 Å². The highest BCUT2D eigenvalue weighted by Gasteiger charge is 2.13. The predicted molar refractivity (Wildman–Crippen MR) is 86.7 cm³/mol. The van der Waals surface area contributed by atoms with Crippen molar-refractivity contribution in [3.63, 3.8) is 0 Å². The van der Waals surface area contributed by atoms with Crippen LogP contribution >= 0.6 is 0 Å². The molecule has 1 atom stereocenters. The molecule has 0 saturated carbocycles. The number of oxazole rings is 1. The number of aliphatic hydroxyl groups excluding tert-OH is 1. The minimum Gasteiger partial charge on any atom is -0.465 e. The topological polar surface area (TPSA) is 102 Å². The molecule has 0 radical (unpaired) electrons. The van der Waals surface area contributed by atoms with Crippen molar-refractivity contribution in [2.45, 2.75) is 19.6 Å². The molecule has 126 valence electrons. The Bertz CT molecular complexity index is 855. The monoisotopic (exact) mass is 330 g/mol. The Morgan fingerprint density at radius 1 is 1.50 bits per heavy atom. The third kappa shape index (κ3) is 3.23. The average molecular weight is 330 g/mol. The SMILES string of the molecule is CCn1cc(C(O)CNc2nc3ccc(C(=O)OC)cc3o2)cn1. The minimum absolute atomic E-state index is 0.228. The molecule has 0 aliphatic heterocycles. The minimum atomic E-state index is -0.731. The maximum absolute atomic E-state index is 11.5. The maximum atomic E-state index is 11.5. The van der Waals surface area contributed by atoms with E-state index in [2.05, 4.69) is 20.1 Å². The van der Waals surface area contributed by atoms with Crippen molar-refractivity contribution in [3.05, 3.63) is 41.7 Å². The summed E-state index contributed by atoms with van der Waals surface area (Å²) in [6.07, 6.45) is 2.69. The molecule has 0 fully saturated rings. The Hall–Kier alpha value is -2.87. The number of aliphatic hydroxyl groups is 1. The van der Waals surface area contributed by atoms with Gasteiger partial charge in [0, 0.05) is 24.8 Å². The summed E-state index contributed by atoms with van der Waals surface area (Å²) in [6.45, 7) is 2.95. The molecule has 0 aliphatic rings. The van der Waals surface area contributed by atoms with Crippen molar-refractivity contribution >= 4 is 23.1 Å². The van der Waals surface area contributed by atoms with E-state index >= 15 is 0 Å². The van der Waals surface area contributed by atoms with E-state index < -0.39 is 12.1 Å². The van der Waals surface area contributed by atoms with Crippen LogP contribution in [0.1, 0.15) is 28.9 Å². The van der Waals surface area contributed by atoms with Crippen LogP contribution in [-0.4, -0.2) is 39.5 Å². The molecule has 0 aliphatic carbocycles. The third-order valence-electron chi connectivity index (χ3n) is 3.62. The number of nitrogens with zero attached hydrogens (tertiary/aromatic N) is 3. The lowest BCUT2D eigenvalue weighted by molar-refractivity contribution is 0.0601. The summed E-state index contributed by atoms with van der Waals surface area (Å²) >= 11 is 0. The summed E-state index contributed by atoms with van der Waals surface area (Å²) in [5, 5.41) is 17.2. The van der Waals surface area contributed by atoms with Gasteiger partial charge in [-0.1, -0.05) is 0 Å². The van der Waals surface area contributed by atoms with Crippen molar-refractivity contribution in [2.75, 3.05) is 19.0 Å². The van der Waals surface area contributed by atoms with Crippen LogP contribution in [-0.2, 0) is 11.3 Å². The van der Waals surface area contributed by atoms with E-state index in [1.165, 1.54) is 7.11 Å². The molecule has 0 amide bonds. The summed E-state index contributed by atoms with van der Waals surface area (Å²) in [5.74, 6) is -0.439. The highest BCUT2D eigenvalue weighted by molar-refractivity contribution is 5.93. The Morgan fingerprint density at radius 3 is 3.04 bits per heavy atom. The second kappa shape index (κ2) is 6.71. The lowest BCUT2D eigenvalue weighted by atomic mass is 10.2. The lowest BCUT2D eigenvalue weighted by Gasteiger charge is -2.07. The predicted octanol–water partition coefficient (Wildman–Crippen LogP) is 1.98. The van der Waals surface area contributed by atoms with Gasteiger partial charge in [0.15, 0.2) is 5.58 Å². The number of carbonyl (C=O) groups is 1. The number of hydrogen-bond acceptors (Lipinski definition) is 7. The molecule has 24 heavy (non-hydrogen) atoms. The van der Waals surface area contributed by atoms with Gasteiger partial charge in [-0.3, -0.25) is 4.68 Å². The molecule has 2 heterocycles. The summed E-state index contributed by atoms with van der Waals surface area (Å²) < 4.78 is 12.0. The fourth-order valence-corrected chi connectivity index (χ4v) is 2.27. The number of esters is 1. The summed E-state index contributed by atoms with van der Waals surface area (Å²) in [5.41, 5.74) is 2.18. The molecule has 0 spiro atoms. The van der Waals surface area contributed by atoms with Crippen LogP contribution < -0.4 is 5.32 Å². The first-order valence-corrected chi connectivity index (χ1v) is 7.54. The van der Waals surface area contributed by atoms with Gasteiger partial charge in [0.05, 0.1) is 25.0 Å². The zero-order valence-corrected chi connectivity index (χ0v) is 13.4. The zero-order valence-electron chi connectivity index (χ0n) is 13.4.